The van der Waals surface area contributed by atoms with Gasteiger partial charge in [-0.25, -0.2) is 9.97 Å². The Kier molecular flexibility index (Phi) is 3.25. The minimum atomic E-state index is 0.764. The van der Waals surface area contributed by atoms with Crippen LogP contribution in [0.4, 0.5) is 11.5 Å². The van der Waals surface area contributed by atoms with Crippen molar-refractivity contribution in [2.24, 2.45) is 7.05 Å². The molecule has 0 N–H and O–H groups in total. The van der Waals surface area contributed by atoms with Gasteiger partial charge in [-0.15, -0.1) is 0 Å². The average molecular weight is 282 g/mol. The topological polar surface area (TPSA) is 43.2 Å². The Morgan fingerprint density at radius 2 is 1.81 bits per heavy atom. The maximum absolute atomic E-state index is 5.20. The highest BCUT2D eigenvalue weighted by Crippen LogP contribution is 2.30. The summed E-state index contributed by atoms with van der Waals surface area (Å²) < 4.78 is 7.21. The van der Waals surface area contributed by atoms with Gasteiger partial charge in [-0.05, 0) is 37.3 Å². The fraction of sp³-hybridized carbons (Fsp3) is 0.250. The van der Waals surface area contributed by atoms with Crippen LogP contribution >= 0.6 is 0 Å². The molecule has 0 aliphatic rings. The fourth-order valence-electron chi connectivity index (χ4n) is 2.41. The lowest BCUT2D eigenvalue weighted by atomic mass is 10.2. The van der Waals surface area contributed by atoms with E-state index in [0.717, 1.165) is 34.1 Å². The van der Waals surface area contributed by atoms with E-state index in [9.17, 15) is 0 Å². The number of aryl methyl sites for hydroxylation is 2. The van der Waals surface area contributed by atoms with Gasteiger partial charge in [0.15, 0.2) is 0 Å². The molecule has 0 bridgehead atoms. The first-order valence-electron chi connectivity index (χ1n) is 6.77. The summed E-state index contributed by atoms with van der Waals surface area (Å²) in [6.45, 7) is 1.91. The number of methoxy groups -OCH3 is 1. The summed E-state index contributed by atoms with van der Waals surface area (Å²) in [4.78, 5) is 11.2. The van der Waals surface area contributed by atoms with E-state index in [1.54, 1.807) is 7.11 Å². The summed E-state index contributed by atoms with van der Waals surface area (Å²) in [5.41, 5.74) is 2.00. The number of hydrogen-bond donors (Lipinski definition) is 0. The molecule has 2 aromatic heterocycles. The van der Waals surface area contributed by atoms with Gasteiger partial charge in [-0.2, -0.15) is 0 Å². The molecule has 3 aromatic rings. The number of ether oxygens (including phenoxy) is 1. The largest absolute Gasteiger partial charge is 0.497 e. The average Bonchev–Trinajstić information content (AvgIpc) is 2.87. The van der Waals surface area contributed by atoms with Crippen molar-refractivity contribution in [1.29, 1.82) is 0 Å². The van der Waals surface area contributed by atoms with Crippen LogP contribution in [0.2, 0.25) is 0 Å². The first-order valence-corrected chi connectivity index (χ1v) is 6.77. The summed E-state index contributed by atoms with van der Waals surface area (Å²) in [5, 5.41) is 1.04. The van der Waals surface area contributed by atoms with Crippen LogP contribution in [0.5, 0.6) is 5.75 Å². The number of fused-ring (bicyclic) bond motifs is 1. The van der Waals surface area contributed by atoms with Gasteiger partial charge in [0.05, 0.1) is 12.5 Å². The summed E-state index contributed by atoms with van der Waals surface area (Å²) in [5.74, 6) is 2.51. The summed E-state index contributed by atoms with van der Waals surface area (Å²) in [6, 6.07) is 9.98. The van der Waals surface area contributed by atoms with Gasteiger partial charge in [0.1, 0.15) is 23.0 Å². The normalized spacial score (nSPS) is 10.9. The summed E-state index contributed by atoms with van der Waals surface area (Å²) >= 11 is 0. The van der Waals surface area contributed by atoms with Gasteiger partial charge < -0.3 is 14.2 Å². The molecule has 5 nitrogen and oxygen atoms in total. The fourth-order valence-corrected chi connectivity index (χ4v) is 2.41. The van der Waals surface area contributed by atoms with Crippen molar-refractivity contribution in [3.63, 3.8) is 0 Å². The maximum Gasteiger partial charge on any atom is 0.146 e. The molecular weight excluding hydrogens is 264 g/mol. The first-order chi connectivity index (χ1) is 10.1. The van der Waals surface area contributed by atoms with E-state index in [1.807, 2.05) is 62.1 Å². The molecule has 5 heteroatoms. The first kappa shape index (κ1) is 13.4. The highest BCUT2D eigenvalue weighted by Gasteiger charge is 2.13. The Hall–Kier alpha value is -2.56. The lowest BCUT2D eigenvalue weighted by molar-refractivity contribution is 0.415. The second-order valence-corrected chi connectivity index (χ2v) is 5.02. The van der Waals surface area contributed by atoms with E-state index < -0.39 is 0 Å². The van der Waals surface area contributed by atoms with E-state index >= 15 is 0 Å². The third-order valence-corrected chi connectivity index (χ3v) is 3.59. The number of aromatic nitrogens is 3. The Morgan fingerprint density at radius 3 is 2.48 bits per heavy atom. The molecule has 0 saturated carbocycles. The standard InChI is InChI=1S/C16H18N4O/c1-11-17-15-14(9-10-19(15)2)16(18-11)20(3)12-5-7-13(21-4)8-6-12/h5-10H,1-4H3. The molecule has 0 spiro atoms. The molecule has 0 atom stereocenters. The predicted molar refractivity (Wildman–Crippen MR) is 84.3 cm³/mol. The van der Waals surface area contributed by atoms with Crippen LogP contribution in [-0.2, 0) is 7.05 Å². The smallest absolute Gasteiger partial charge is 0.146 e. The Morgan fingerprint density at radius 1 is 1.10 bits per heavy atom. The molecule has 2 heterocycles. The molecule has 0 aliphatic heterocycles. The molecule has 108 valence electrons. The molecule has 0 radical (unpaired) electrons. The zero-order chi connectivity index (χ0) is 15.0. The van der Waals surface area contributed by atoms with Crippen molar-refractivity contribution in [3.8, 4) is 5.75 Å². The lowest BCUT2D eigenvalue weighted by Crippen LogP contribution is -2.13. The molecule has 3 rings (SSSR count). The number of hydrogen-bond acceptors (Lipinski definition) is 4. The highest BCUT2D eigenvalue weighted by molar-refractivity contribution is 5.90. The van der Waals surface area contributed by atoms with Gasteiger partial charge in [-0.1, -0.05) is 0 Å². The second-order valence-electron chi connectivity index (χ2n) is 5.02. The monoisotopic (exact) mass is 282 g/mol. The van der Waals surface area contributed by atoms with Gasteiger partial charge in [0.2, 0.25) is 0 Å². The maximum atomic E-state index is 5.20. The zero-order valence-electron chi connectivity index (χ0n) is 12.7. The molecule has 21 heavy (non-hydrogen) atoms. The van der Waals surface area contributed by atoms with Crippen LogP contribution in [0, 0.1) is 6.92 Å². The number of benzene rings is 1. The van der Waals surface area contributed by atoms with Gasteiger partial charge in [0.25, 0.3) is 0 Å². The molecule has 0 aliphatic carbocycles. The Bertz CT molecular complexity index is 777. The quantitative estimate of drug-likeness (QED) is 0.740. The van der Waals surface area contributed by atoms with Crippen LogP contribution in [0.3, 0.4) is 0 Å². The van der Waals surface area contributed by atoms with E-state index in [-0.39, 0.29) is 0 Å². The van der Waals surface area contributed by atoms with E-state index in [0.29, 0.717) is 0 Å². The molecular formula is C16H18N4O. The van der Waals surface area contributed by atoms with Crippen LogP contribution < -0.4 is 9.64 Å². The molecule has 0 fully saturated rings. The van der Waals surface area contributed by atoms with Crippen molar-refractivity contribution in [3.05, 3.63) is 42.4 Å². The van der Waals surface area contributed by atoms with Crippen molar-refractivity contribution < 1.29 is 4.74 Å². The van der Waals surface area contributed by atoms with Crippen molar-refractivity contribution in [1.82, 2.24) is 14.5 Å². The Labute approximate surface area is 123 Å². The minimum Gasteiger partial charge on any atom is -0.497 e. The third-order valence-electron chi connectivity index (χ3n) is 3.59. The lowest BCUT2D eigenvalue weighted by Gasteiger charge is -2.20. The van der Waals surface area contributed by atoms with E-state index in [4.69, 9.17) is 4.74 Å². The van der Waals surface area contributed by atoms with Crippen molar-refractivity contribution in [2.75, 3.05) is 19.1 Å². The van der Waals surface area contributed by atoms with E-state index in [1.165, 1.54) is 0 Å². The summed E-state index contributed by atoms with van der Waals surface area (Å²) in [6.07, 6.45) is 2.00. The second kappa shape index (κ2) is 5.09. The third kappa shape index (κ3) is 2.31. The Balaban J connectivity index is 2.09. The molecule has 1 aromatic carbocycles. The number of rotatable bonds is 3. The van der Waals surface area contributed by atoms with Gasteiger partial charge in [0, 0.05) is 26.0 Å². The van der Waals surface area contributed by atoms with Crippen molar-refractivity contribution in [2.45, 2.75) is 6.92 Å². The molecule has 0 amide bonds. The minimum absolute atomic E-state index is 0.764. The number of nitrogens with zero attached hydrogens (tertiary/aromatic N) is 4. The van der Waals surface area contributed by atoms with Crippen LogP contribution in [-0.4, -0.2) is 28.7 Å². The van der Waals surface area contributed by atoms with Crippen LogP contribution in [0.15, 0.2) is 36.5 Å². The molecule has 0 unspecified atom stereocenters. The van der Waals surface area contributed by atoms with Gasteiger partial charge >= 0.3 is 0 Å². The van der Waals surface area contributed by atoms with E-state index in [2.05, 4.69) is 14.9 Å². The van der Waals surface area contributed by atoms with Crippen LogP contribution in [0.1, 0.15) is 5.82 Å². The van der Waals surface area contributed by atoms with Gasteiger partial charge in [-0.3, -0.25) is 0 Å². The zero-order valence-corrected chi connectivity index (χ0v) is 12.7. The highest BCUT2D eigenvalue weighted by atomic mass is 16.5. The summed E-state index contributed by atoms with van der Waals surface area (Å²) in [7, 11) is 5.67. The van der Waals surface area contributed by atoms with Crippen LogP contribution in [0.25, 0.3) is 11.0 Å². The molecule has 0 saturated heterocycles. The van der Waals surface area contributed by atoms with Crippen molar-refractivity contribution >= 4 is 22.5 Å². The predicted octanol–water partition coefficient (Wildman–Crippen LogP) is 3.05. The SMILES string of the molecule is COc1ccc(N(C)c2nc(C)nc3c2ccn3C)cc1. The number of anilines is 2.